The third-order valence-corrected chi connectivity index (χ3v) is 2.95. The first-order valence-electron chi connectivity index (χ1n) is 6.72. The maximum Gasteiger partial charge on any atom is 0.134 e. The third-order valence-electron chi connectivity index (χ3n) is 2.95. The van der Waals surface area contributed by atoms with Crippen LogP contribution in [0.2, 0.25) is 0 Å². The van der Waals surface area contributed by atoms with Gasteiger partial charge in [0.25, 0.3) is 0 Å². The number of aliphatic hydroxyl groups is 1. The maximum atomic E-state index is 8.79. The van der Waals surface area contributed by atoms with E-state index in [1.807, 2.05) is 48.5 Å². The molecule has 2 rings (SSSR count). The van der Waals surface area contributed by atoms with Crippen LogP contribution in [0.1, 0.15) is 16.7 Å². The molecular weight excluding hydrogens is 264 g/mol. The molecule has 0 aliphatic rings. The summed E-state index contributed by atoms with van der Waals surface area (Å²) in [4.78, 5) is 0. The molecule has 3 nitrogen and oxygen atoms in total. The zero-order chi connectivity index (χ0) is 14.9. The quantitative estimate of drug-likeness (QED) is 0.857. The van der Waals surface area contributed by atoms with Crippen LogP contribution in [0.25, 0.3) is 0 Å². The topological polar surface area (TPSA) is 38.7 Å². The number of rotatable bonds is 5. The number of benzene rings is 2. The van der Waals surface area contributed by atoms with Gasteiger partial charge in [-0.05, 0) is 23.3 Å². The van der Waals surface area contributed by atoms with Gasteiger partial charge in [-0.3, -0.25) is 0 Å². The first-order chi connectivity index (χ1) is 10.3. The van der Waals surface area contributed by atoms with Crippen LogP contribution in [0.5, 0.6) is 5.75 Å². The summed E-state index contributed by atoms with van der Waals surface area (Å²) in [5.74, 6) is 6.21. The van der Waals surface area contributed by atoms with Gasteiger partial charge in [-0.25, -0.2) is 0 Å². The largest absolute Gasteiger partial charge is 0.495 e. The third kappa shape index (κ3) is 4.64. The van der Waals surface area contributed by atoms with Crippen molar-refractivity contribution in [3.05, 3.63) is 65.2 Å². The SMILES string of the molecule is COc1ccc(COCc2ccccc2)cc1C#CCO. The molecule has 0 fully saturated rings. The van der Waals surface area contributed by atoms with Gasteiger partial charge < -0.3 is 14.6 Å². The Kier molecular flexibility index (Phi) is 5.83. The second kappa shape index (κ2) is 8.11. The van der Waals surface area contributed by atoms with Crippen molar-refractivity contribution in [1.82, 2.24) is 0 Å². The Bertz CT molecular complexity index is 624. The average Bonchev–Trinajstić information content (AvgIpc) is 2.54. The minimum atomic E-state index is -0.169. The number of hydrogen-bond acceptors (Lipinski definition) is 3. The van der Waals surface area contributed by atoms with Crippen LogP contribution in [0.3, 0.4) is 0 Å². The molecule has 0 saturated heterocycles. The lowest BCUT2D eigenvalue weighted by Gasteiger charge is -2.08. The van der Waals surface area contributed by atoms with Gasteiger partial charge in [0.05, 0.1) is 25.9 Å². The molecule has 0 amide bonds. The highest BCUT2D eigenvalue weighted by Crippen LogP contribution is 2.19. The fourth-order valence-electron chi connectivity index (χ4n) is 1.94. The monoisotopic (exact) mass is 282 g/mol. The molecule has 0 atom stereocenters. The highest BCUT2D eigenvalue weighted by Gasteiger charge is 2.02. The van der Waals surface area contributed by atoms with Crippen LogP contribution in [0.15, 0.2) is 48.5 Å². The Balaban J connectivity index is 2.00. The second-order valence-electron chi connectivity index (χ2n) is 4.47. The minimum Gasteiger partial charge on any atom is -0.495 e. The molecule has 2 aromatic rings. The van der Waals surface area contributed by atoms with Crippen molar-refractivity contribution in [2.45, 2.75) is 13.2 Å². The molecule has 0 bridgehead atoms. The summed E-state index contributed by atoms with van der Waals surface area (Å²) in [6.07, 6.45) is 0. The Hall–Kier alpha value is -2.28. The fraction of sp³-hybridized carbons (Fsp3) is 0.222. The highest BCUT2D eigenvalue weighted by atomic mass is 16.5. The second-order valence-corrected chi connectivity index (χ2v) is 4.47. The van der Waals surface area contributed by atoms with Gasteiger partial charge in [-0.15, -0.1) is 0 Å². The Morgan fingerprint density at radius 3 is 2.48 bits per heavy atom. The van der Waals surface area contributed by atoms with Crippen LogP contribution >= 0.6 is 0 Å². The van der Waals surface area contributed by atoms with Gasteiger partial charge in [0.1, 0.15) is 12.4 Å². The van der Waals surface area contributed by atoms with E-state index in [1.54, 1.807) is 7.11 Å². The van der Waals surface area contributed by atoms with Crippen molar-refractivity contribution in [3.63, 3.8) is 0 Å². The lowest BCUT2D eigenvalue weighted by atomic mass is 10.1. The van der Waals surface area contributed by atoms with E-state index in [9.17, 15) is 0 Å². The molecule has 0 spiro atoms. The number of hydrogen-bond donors (Lipinski definition) is 1. The van der Waals surface area contributed by atoms with E-state index in [-0.39, 0.29) is 6.61 Å². The van der Waals surface area contributed by atoms with E-state index >= 15 is 0 Å². The molecule has 0 aliphatic carbocycles. The van der Waals surface area contributed by atoms with E-state index < -0.39 is 0 Å². The van der Waals surface area contributed by atoms with E-state index in [0.29, 0.717) is 19.0 Å². The summed E-state index contributed by atoms with van der Waals surface area (Å²) < 4.78 is 10.9. The molecule has 3 heteroatoms. The number of ether oxygens (including phenoxy) is 2. The van der Waals surface area contributed by atoms with Crippen molar-refractivity contribution in [2.24, 2.45) is 0 Å². The molecule has 108 valence electrons. The number of aliphatic hydroxyl groups excluding tert-OH is 1. The van der Waals surface area contributed by atoms with Crippen molar-refractivity contribution in [3.8, 4) is 17.6 Å². The zero-order valence-electron chi connectivity index (χ0n) is 12.0. The normalized spacial score (nSPS) is 9.81. The van der Waals surface area contributed by atoms with Crippen molar-refractivity contribution >= 4 is 0 Å². The summed E-state index contributed by atoms with van der Waals surface area (Å²) in [5, 5.41) is 8.79. The van der Waals surface area contributed by atoms with Gasteiger partial charge in [-0.1, -0.05) is 48.2 Å². The zero-order valence-corrected chi connectivity index (χ0v) is 12.0. The highest BCUT2D eigenvalue weighted by molar-refractivity contribution is 5.48. The first-order valence-corrected chi connectivity index (χ1v) is 6.72. The van der Waals surface area contributed by atoms with Crippen LogP contribution in [-0.4, -0.2) is 18.8 Å². The summed E-state index contributed by atoms with van der Waals surface area (Å²) in [6, 6.07) is 15.8. The molecule has 0 aromatic heterocycles. The van der Waals surface area contributed by atoms with Gasteiger partial charge >= 0.3 is 0 Å². The molecule has 0 unspecified atom stereocenters. The Labute approximate surface area is 125 Å². The van der Waals surface area contributed by atoms with Crippen LogP contribution in [-0.2, 0) is 18.0 Å². The van der Waals surface area contributed by atoms with Gasteiger partial charge in [0.2, 0.25) is 0 Å². The molecule has 0 aliphatic heterocycles. The van der Waals surface area contributed by atoms with E-state index in [0.717, 1.165) is 16.7 Å². The summed E-state index contributed by atoms with van der Waals surface area (Å²) in [5.41, 5.74) is 2.92. The summed E-state index contributed by atoms with van der Waals surface area (Å²) in [7, 11) is 1.60. The molecule has 2 aromatic carbocycles. The predicted octanol–water partition coefficient (Wildman–Crippen LogP) is 2.76. The van der Waals surface area contributed by atoms with Gasteiger partial charge in [0.15, 0.2) is 0 Å². The first kappa shape index (κ1) is 15.1. The van der Waals surface area contributed by atoms with E-state index in [2.05, 4.69) is 11.8 Å². The van der Waals surface area contributed by atoms with Gasteiger partial charge in [-0.2, -0.15) is 0 Å². The molecule has 1 N–H and O–H groups in total. The fourth-order valence-corrected chi connectivity index (χ4v) is 1.94. The molecule has 0 saturated carbocycles. The molecule has 0 heterocycles. The molecular formula is C18H18O3. The lowest BCUT2D eigenvalue weighted by Crippen LogP contribution is -1.96. The smallest absolute Gasteiger partial charge is 0.134 e. The van der Waals surface area contributed by atoms with E-state index in [4.69, 9.17) is 14.6 Å². The van der Waals surface area contributed by atoms with Crippen LogP contribution in [0.4, 0.5) is 0 Å². The predicted molar refractivity (Wildman–Crippen MR) is 81.9 cm³/mol. The maximum absolute atomic E-state index is 8.79. The van der Waals surface area contributed by atoms with Crippen molar-refractivity contribution in [2.75, 3.05) is 13.7 Å². The van der Waals surface area contributed by atoms with Crippen LogP contribution < -0.4 is 4.74 Å². The molecule has 0 radical (unpaired) electrons. The van der Waals surface area contributed by atoms with Crippen LogP contribution in [0, 0.1) is 11.8 Å². The lowest BCUT2D eigenvalue weighted by molar-refractivity contribution is 0.107. The molecule has 21 heavy (non-hydrogen) atoms. The number of methoxy groups -OCH3 is 1. The average molecular weight is 282 g/mol. The summed E-state index contributed by atoms with van der Waals surface area (Å²) in [6.45, 7) is 0.912. The van der Waals surface area contributed by atoms with Crippen molar-refractivity contribution < 1.29 is 14.6 Å². The Morgan fingerprint density at radius 2 is 1.76 bits per heavy atom. The Morgan fingerprint density at radius 1 is 1.00 bits per heavy atom. The van der Waals surface area contributed by atoms with Crippen molar-refractivity contribution in [1.29, 1.82) is 0 Å². The minimum absolute atomic E-state index is 0.169. The van der Waals surface area contributed by atoms with E-state index in [1.165, 1.54) is 0 Å². The van der Waals surface area contributed by atoms with Gasteiger partial charge in [0, 0.05) is 0 Å². The standard InChI is InChI=1S/C18H18O3/c1-20-18-10-9-16(12-17(18)8-5-11-19)14-21-13-15-6-3-2-4-7-15/h2-4,6-7,9-10,12,19H,11,13-14H2,1H3. The summed E-state index contributed by atoms with van der Waals surface area (Å²) >= 11 is 0.